The van der Waals surface area contributed by atoms with Gasteiger partial charge in [-0.3, -0.25) is 19.4 Å². The van der Waals surface area contributed by atoms with Crippen LogP contribution in [0.4, 0.5) is 9.59 Å². The zero-order valence-corrected chi connectivity index (χ0v) is 29.8. The van der Waals surface area contributed by atoms with E-state index in [9.17, 15) is 19.2 Å². The number of ether oxygens (including phenoxy) is 1. The zero-order chi connectivity index (χ0) is 33.3. The SMILES string of the molecule is CCN1CC(=O)N(CCCCC(CC)(CC)CCCCOCCCCC(CC)(CC)CCCCN2C(=O)CN(CC)C2=O)C1=O. The summed E-state index contributed by atoms with van der Waals surface area (Å²) in [5.74, 6) is -0.110. The van der Waals surface area contributed by atoms with E-state index in [4.69, 9.17) is 4.74 Å². The van der Waals surface area contributed by atoms with Crippen LogP contribution in [0.3, 0.4) is 0 Å². The van der Waals surface area contributed by atoms with Crippen LogP contribution < -0.4 is 0 Å². The molecule has 2 aliphatic heterocycles. The van der Waals surface area contributed by atoms with E-state index in [-0.39, 0.29) is 37.0 Å². The average Bonchev–Trinajstić information content (AvgIpc) is 3.49. The maximum absolute atomic E-state index is 12.3. The molecule has 6 amide bonds. The van der Waals surface area contributed by atoms with E-state index in [1.54, 1.807) is 9.80 Å². The Morgan fingerprint density at radius 2 is 0.844 bits per heavy atom. The van der Waals surface area contributed by atoms with Crippen LogP contribution in [0.1, 0.15) is 144 Å². The largest absolute Gasteiger partial charge is 0.381 e. The summed E-state index contributed by atoms with van der Waals surface area (Å²) in [6, 6.07) is -0.248. The predicted octanol–water partition coefficient (Wildman–Crippen LogP) is 7.87. The maximum atomic E-state index is 12.3. The number of hydrogen-bond acceptors (Lipinski definition) is 5. The Kier molecular flexibility index (Phi) is 17.5. The molecule has 0 atom stereocenters. The lowest BCUT2D eigenvalue weighted by Gasteiger charge is -2.32. The van der Waals surface area contributed by atoms with E-state index in [1.165, 1.54) is 35.5 Å². The van der Waals surface area contributed by atoms with Gasteiger partial charge in [-0.25, -0.2) is 9.59 Å². The van der Waals surface area contributed by atoms with Crippen LogP contribution in [0.2, 0.25) is 0 Å². The van der Waals surface area contributed by atoms with Gasteiger partial charge in [-0.05, 0) is 76.0 Å². The second-order valence-corrected chi connectivity index (χ2v) is 13.5. The van der Waals surface area contributed by atoms with Crippen molar-refractivity contribution in [1.29, 1.82) is 0 Å². The standard InChI is InChI=1S/C36H66N4O5/c1-7-35(8-2,21-13-17-25-39-31(41)29-37(11-5)33(39)43)23-15-19-27-45-28-20-16-24-36(9-3,10-4)22-14-18-26-40-32(42)30-38(12-6)34(40)44/h7-30H2,1-6H3. The van der Waals surface area contributed by atoms with Crippen molar-refractivity contribution in [2.24, 2.45) is 10.8 Å². The molecule has 9 heteroatoms. The molecule has 0 aromatic heterocycles. The minimum absolute atomic E-state index is 0.0550. The van der Waals surface area contributed by atoms with Crippen LogP contribution in [-0.4, -0.2) is 96.0 Å². The summed E-state index contributed by atoms with van der Waals surface area (Å²) in [4.78, 5) is 55.1. The molecule has 2 aliphatic rings. The summed E-state index contributed by atoms with van der Waals surface area (Å²) in [5.41, 5.74) is 0.682. The first kappa shape index (κ1) is 39.0. The van der Waals surface area contributed by atoms with E-state index in [0.29, 0.717) is 37.0 Å². The first-order chi connectivity index (χ1) is 21.6. The fourth-order valence-corrected chi connectivity index (χ4v) is 7.34. The van der Waals surface area contributed by atoms with Crippen molar-refractivity contribution < 1.29 is 23.9 Å². The Morgan fingerprint density at radius 1 is 0.511 bits per heavy atom. The summed E-state index contributed by atoms with van der Waals surface area (Å²) >= 11 is 0. The van der Waals surface area contributed by atoms with Gasteiger partial charge in [-0.15, -0.1) is 0 Å². The second kappa shape index (κ2) is 20.2. The Hall–Kier alpha value is -2.16. The summed E-state index contributed by atoms with van der Waals surface area (Å²) in [7, 11) is 0. The highest BCUT2D eigenvalue weighted by atomic mass is 16.5. The van der Waals surface area contributed by atoms with E-state index in [0.717, 1.165) is 90.3 Å². The van der Waals surface area contributed by atoms with Gasteiger partial charge in [0.15, 0.2) is 0 Å². The zero-order valence-electron chi connectivity index (χ0n) is 29.8. The van der Waals surface area contributed by atoms with E-state index < -0.39 is 0 Å². The average molecular weight is 635 g/mol. The summed E-state index contributed by atoms with van der Waals surface area (Å²) < 4.78 is 6.04. The molecule has 2 saturated heterocycles. The smallest absolute Gasteiger partial charge is 0.327 e. The van der Waals surface area contributed by atoms with E-state index >= 15 is 0 Å². The van der Waals surface area contributed by atoms with Gasteiger partial charge in [0.1, 0.15) is 13.1 Å². The van der Waals surface area contributed by atoms with Crippen LogP contribution in [0.15, 0.2) is 0 Å². The fraction of sp³-hybridized carbons (Fsp3) is 0.889. The molecule has 260 valence electrons. The number of carbonyl (C=O) groups excluding carboxylic acids is 4. The third-order valence-corrected chi connectivity index (χ3v) is 11.2. The Bertz CT molecular complexity index is 845. The minimum atomic E-state index is -0.124. The fourth-order valence-electron chi connectivity index (χ4n) is 7.34. The van der Waals surface area contributed by atoms with Gasteiger partial charge in [0.25, 0.3) is 0 Å². The van der Waals surface area contributed by atoms with Crippen LogP contribution in [0.5, 0.6) is 0 Å². The van der Waals surface area contributed by atoms with Gasteiger partial charge in [0.05, 0.1) is 0 Å². The van der Waals surface area contributed by atoms with Crippen LogP contribution in [0, 0.1) is 10.8 Å². The molecule has 0 radical (unpaired) electrons. The van der Waals surface area contributed by atoms with Crippen molar-refractivity contribution >= 4 is 23.9 Å². The quantitative estimate of drug-likeness (QED) is 0.0714. The van der Waals surface area contributed by atoms with Crippen LogP contribution in [0.25, 0.3) is 0 Å². The molecule has 2 rings (SSSR count). The molecular weight excluding hydrogens is 568 g/mol. The molecule has 0 N–H and O–H groups in total. The Labute approximate surface area is 274 Å². The van der Waals surface area contributed by atoms with Crippen LogP contribution >= 0.6 is 0 Å². The molecule has 2 fully saturated rings. The highest BCUT2D eigenvalue weighted by Crippen LogP contribution is 2.39. The molecular formula is C36H66N4O5. The highest BCUT2D eigenvalue weighted by Gasteiger charge is 2.35. The lowest BCUT2D eigenvalue weighted by Crippen LogP contribution is -2.33. The van der Waals surface area contributed by atoms with Crippen molar-refractivity contribution in [2.45, 2.75) is 144 Å². The number of imide groups is 2. The van der Waals surface area contributed by atoms with Crippen molar-refractivity contribution in [3.63, 3.8) is 0 Å². The van der Waals surface area contributed by atoms with Crippen molar-refractivity contribution in [1.82, 2.24) is 19.6 Å². The molecule has 0 bridgehead atoms. The molecule has 0 aromatic rings. The van der Waals surface area contributed by atoms with E-state index in [1.807, 2.05) is 13.8 Å². The second-order valence-electron chi connectivity index (χ2n) is 13.5. The van der Waals surface area contributed by atoms with Gasteiger partial charge < -0.3 is 14.5 Å². The van der Waals surface area contributed by atoms with Crippen LogP contribution in [-0.2, 0) is 14.3 Å². The van der Waals surface area contributed by atoms with Crippen molar-refractivity contribution in [3.8, 4) is 0 Å². The molecule has 0 saturated carbocycles. The number of hydrogen-bond donors (Lipinski definition) is 0. The van der Waals surface area contributed by atoms with Gasteiger partial charge in [-0.1, -0.05) is 79.1 Å². The number of nitrogens with zero attached hydrogens (tertiary/aromatic N) is 4. The molecule has 0 spiro atoms. The first-order valence-corrected chi connectivity index (χ1v) is 18.4. The topological polar surface area (TPSA) is 90.5 Å². The van der Waals surface area contributed by atoms with Gasteiger partial charge >= 0.3 is 12.1 Å². The maximum Gasteiger partial charge on any atom is 0.327 e. The van der Waals surface area contributed by atoms with Crippen molar-refractivity contribution in [3.05, 3.63) is 0 Å². The molecule has 9 nitrogen and oxygen atoms in total. The molecule has 45 heavy (non-hydrogen) atoms. The number of rotatable bonds is 26. The number of carbonyl (C=O) groups is 4. The van der Waals surface area contributed by atoms with E-state index in [2.05, 4.69) is 27.7 Å². The van der Waals surface area contributed by atoms with Gasteiger partial charge in [-0.2, -0.15) is 0 Å². The van der Waals surface area contributed by atoms with Gasteiger partial charge in [0, 0.05) is 39.4 Å². The third-order valence-electron chi connectivity index (χ3n) is 11.2. The minimum Gasteiger partial charge on any atom is -0.381 e. The first-order valence-electron chi connectivity index (χ1n) is 18.4. The summed E-state index contributed by atoms with van der Waals surface area (Å²) in [5, 5.41) is 0. The third kappa shape index (κ3) is 11.5. The lowest BCUT2D eigenvalue weighted by molar-refractivity contribution is -0.126. The number of amides is 6. The molecule has 0 aliphatic carbocycles. The summed E-state index contributed by atoms with van der Waals surface area (Å²) in [6.45, 7) is 17.4. The monoisotopic (exact) mass is 635 g/mol. The van der Waals surface area contributed by atoms with Gasteiger partial charge in [0.2, 0.25) is 11.8 Å². The molecule has 0 unspecified atom stereocenters. The molecule has 0 aromatic carbocycles. The van der Waals surface area contributed by atoms with Crippen molar-refractivity contribution in [2.75, 3.05) is 52.5 Å². The predicted molar refractivity (Wildman–Crippen MR) is 181 cm³/mol. The lowest BCUT2D eigenvalue weighted by atomic mass is 9.74. The number of unbranched alkanes of at least 4 members (excludes halogenated alkanes) is 4. The number of likely N-dealkylation sites (N-methyl/N-ethyl adjacent to an activating group) is 2. The Morgan fingerprint density at radius 3 is 1.13 bits per heavy atom. The highest BCUT2D eigenvalue weighted by molar-refractivity contribution is 6.02. The Balaban J connectivity index is 1.57. The summed E-state index contributed by atoms with van der Waals surface area (Å²) in [6.07, 6.45) is 17.8. The normalized spacial score (nSPS) is 16.3. The molecule has 2 heterocycles. The number of urea groups is 2.